The van der Waals surface area contributed by atoms with Crippen molar-refractivity contribution in [1.82, 2.24) is 9.97 Å². The minimum absolute atomic E-state index is 0.213. The maximum absolute atomic E-state index is 11.4. The highest BCUT2D eigenvalue weighted by Gasteiger charge is 2.18. The van der Waals surface area contributed by atoms with Gasteiger partial charge in [-0.25, -0.2) is 14.8 Å². The van der Waals surface area contributed by atoms with E-state index in [9.17, 15) is 9.90 Å². The molecule has 1 aromatic carbocycles. The second kappa shape index (κ2) is 6.72. The first kappa shape index (κ1) is 15.5. The number of rotatable bonds is 5. The SMILES string of the molecule is CCc1nc(C)c(C(=O)O)c(SCc2cccc(C)c2)n1. The highest BCUT2D eigenvalue weighted by molar-refractivity contribution is 7.98. The largest absolute Gasteiger partial charge is 0.478 e. The van der Waals surface area contributed by atoms with Crippen LogP contribution in [0.5, 0.6) is 0 Å². The average Bonchev–Trinajstić information content (AvgIpc) is 2.44. The van der Waals surface area contributed by atoms with E-state index < -0.39 is 5.97 Å². The molecular weight excluding hydrogens is 284 g/mol. The van der Waals surface area contributed by atoms with Crippen LogP contribution in [0.15, 0.2) is 29.3 Å². The van der Waals surface area contributed by atoms with Gasteiger partial charge in [-0.05, 0) is 19.4 Å². The molecule has 0 amide bonds. The Morgan fingerprint density at radius 2 is 2.05 bits per heavy atom. The van der Waals surface area contributed by atoms with E-state index in [0.29, 0.717) is 28.7 Å². The minimum atomic E-state index is -0.970. The molecule has 110 valence electrons. The molecule has 0 bridgehead atoms. The summed E-state index contributed by atoms with van der Waals surface area (Å²) in [6.07, 6.45) is 0.693. The highest BCUT2D eigenvalue weighted by Crippen LogP contribution is 2.26. The van der Waals surface area contributed by atoms with Gasteiger partial charge < -0.3 is 5.11 Å². The van der Waals surface area contributed by atoms with Crippen LogP contribution in [-0.4, -0.2) is 21.0 Å². The summed E-state index contributed by atoms with van der Waals surface area (Å²) in [6.45, 7) is 5.73. The quantitative estimate of drug-likeness (QED) is 0.674. The summed E-state index contributed by atoms with van der Waals surface area (Å²) < 4.78 is 0. The van der Waals surface area contributed by atoms with E-state index in [2.05, 4.69) is 16.0 Å². The van der Waals surface area contributed by atoms with Gasteiger partial charge in [-0.1, -0.05) is 36.8 Å². The van der Waals surface area contributed by atoms with Gasteiger partial charge >= 0.3 is 5.97 Å². The van der Waals surface area contributed by atoms with Crippen molar-refractivity contribution < 1.29 is 9.90 Å². The Morgan fingerprint density at radius 3 is 2.67 bits per heavy atom. The molecule has 0 aliphatic heterocycles. The topological polar surface area (TPSA) is 63.1 Å². The number of carboxylic acids is 1. The number of nitrogens with zero attached hydrogens (tertiary/aromatic N) is 2. The van der Waals surface area contributed by atoms with Crippen molar-refractivity contribution in [2.24, 2.45) is 0 Å². The molecule has 1 N–H and O–H groups in total. The lowest BCUT2D eigenvalue weighted by Crippen LogP contribution is -2.09. The van der Waals surface area contributed by atoms with Crippen LogP contribution in [0.2, 0.25) is 0 Å². The molecule has 0 fully saturated rings. The molecule has 0 saturated heterocycles. The van der Waals surface area contributed by atoms with Gasteiger partial charge in [0.05, 0.1) is 5.69 Å². The number of benzene rings is 1. The van der Waals surface area contributed by atoms with E-state index >= 15 is 0 Å². The van der Waals surface area contributed by atoms with Crippen molar-refractivity contribution in [3.63, 3.8) is 0 Å². The van der Waals surface area contributed by atoms with E-state index in [1.807, 2.05) is 32.0 Å². The van der Waals surface area contributed by atoms with Gasteiger partial charge in [-0.15, -0.1) is 11.8 Å². The van der Waals surface area contributed by atoms with Crippen molar-refractivity contribution >= 4 is 17.7 Å². The first-order valence-corrected chi connectivity index (χ1v) is 7.79. The summed E-state index contributed by atoms with van der Waals surface area (Å²) >= 11 is 1.45. The average molecular weight is 302 g/mol. The first-order valence-electron chi connectivity index (χ1n) is 6.80. The molecule has 0 radical (unpaired) electrons. The molecule has 0 saturated carbocycles. The van der Waals surface area contributed by atoms with E-state index in [-0.39, 0.29) is 5.56 Å². The normalized spacial score (nSPS) is 10.6. The lowest BCUT2D eigenvalue weighted by Gasteiger charge is -2.09. The van der Waals surface area contributed by atoms with Crippen molar-refractivity contribution in [1.29, 1.82) is 0 Å². The molecule has 4 nitrogen and oxygen atoms in total. The van der Waals surface area contributed by atoms with Crippen molar-refractivity contribution in [2.45, 2.75) is 38.0 Å². The smallest absolute Gasteiger partial charge is 0.340 e. The molecule has 1 heterocycles. The number of aromatic nitrogens is 2. The molecule has 0 atom stereocenters. The fraction of sp³-hybridized carbons (Fsp3) is 0.312. The van der Waals surface area contributed by atoms with Gasteiger partial charge in [-0.3, -0.25) is 0 Å². The molecule has 5 heteroatoms. The number of carbonyl (C=O) groups is 1. The number of aryl methyl sites for hydroxylation is 3. The van der Waals surface area contributed by atoms with Crippen LogP contribution in [0.25, 0.3) is 0 Å². The predicted octanol–water partition coefficient (Wildman–Crippen LogP) is 3.65. The summed E-state index contributed by atoms with van der Waals surface area (Å²) in [5.74, 6) is 0.410. The van der Waals surface area contributed by atoms with Crippen LogP contribution in [-0.2, 0) is 12.2 Å². The van der Waals surface area contributed by atoms with Crippen molar-refractivity contribution in [3.8, 4) is 0 Å². The van der Waals surface area contributed by atoms with E-state index in [4.69, 9.17) is 0 Å². The Morgan fingerprint density at radius 1 is 1.29 bits per heavy atom. The summed E-state index contributed by atoms with van der Waals surface area (Å²) in [4.78, 5) is 20.0. The maximum atomic E-state index is 11.4. The molecular formula is C16H18N2O2S. The Kier molecular flexibility index (Phi) is 4.96. The summed E-state index contributed by atoms with van der Waals surface area (Å²) in [5.41, 5.74) is 3.09. The van der Waals surface area contributed by atoms with E-state index in [1.54, 1.807) is 6.92 Å². The van der Waals surface area contributed by atoms with Crippen LogP contribution in [0.3, 0.4) is 0 Å². The van der Waals surface area contributed by atoms with E-state index in [1.165, 1.54) is 17.3 Å². The van der Waals surface area contributed by atoms with Gasteiger partial charge in [0.25, 0.3) is 0 Å². The summed E-state index contributed by atoms with van der Waals surface area (Å²) in [6, 6.07) is 8.18. The number of hydrogen-bond donors (Lipinski definition) is 1. The standard InChI is InChI=1S/C16H18N2O2S/c1-4-13-17-11(3)14(16(19)20)15(18-13)21-9-12-7-5-6-10(2)8-12/h5-8H,4,9H2,1-3H3,(H,19,20). The monoisotopic (exact) mass is 302 g/mol. The summed E-state index contributed by atoms with van der Waals surface area (Å²) in [7, 11) is 0. The predicted molar refractivity (Wildman–Crippen MR) is 83.8 cm³/mol. The van der Waals surface area contributed by atoms with Gasteiger partial charge in [0.15, 0.2) is 0 Å². The molecule has 0 spiro atoms. The zero-order chi connectivity index (χ0) is 15.4. The van der Waals surface area contributed by atoms with Gasteiger partial charge in [0.2, 0.25) is 0 Å². The number of hydrogen-bond acceptors (Lipinski definition) is 4. The van der Waals surface area contributed by atoms with Crippen LogP contribution in [0.4, 0.5) is 0 Å². The molecule has 0 unspecified atom stereocenters. The Bertz CT molecular complexity index is 671. The molecule has 21 heavy (non-hydrogen) atoms. The molecule has 1 aromatic heterocycles. The second-order valence-electron chi connectivity index (χ2n) is 4.84. The Hall–Kier alpha value is -1.88. The van der Waals surface area contributed by atoms with Gasteiger partial charge in [0, 0.05) is 12.2 Å². The third kappa shape index (κ3) is 3.82. The molecule has 2 rings (SSSR count). The first-order chi connectivity index (χ1) is 10.0. The number of aromatic carboxylic acids is 1. The minimum Gasteiger partial charge on any atom is -0.478 e. The van der Waals surface area contributed by atoms with Gasteiger partial charge in [0.1, 0.15) is 16.4 Å². The Balaban J connectivity index is 2.29. The fourth-order valence-electron chi connectivity index (χ4n) is 2.06. The molecule has 0 aliphatic rings. The Labute approximate surface area is 128 Å². The van der Waals surface area contributed by atoms with Crippen LogP contribution >= 0.6 is 11.8 Å². The third-order valence-electron chi connectivity index (χ3n) is 3.09. The maximum Gasteiger partial charge on any atom is 0.340 e. The molecule has 2 aromatic rings. The number of thioether (sulfide) groups is 1. The highest BCUT2D eigenvalue weighted by atomic mass is 32.2. The zero-order valence-corrected chi connectivity index (χ0v) is 13.2. The second-order valence-corrected chi connectivity index (χ2v) is 5.81. The van der Waals surface area contributed by atoms with Crippen LogP contribution < -0.4 is 0 Å². The fourth-order valence-corrected chi connectivity index (χ4v) is 3.10. The van der Waals surface area contributed by atoms with Crippen LogP contribution in [0.1, 0.15) is 39.9 Å². The van der Waals surface area contributed by atoms with Crippen LogP contribution in [0, 0.1) is 13.8 Å². The molecule has 0 aliphatic carbocycles. The number of carboxylic acid groups (broad SMARTS) is 1. The van der Waals surface area contributed by atoms with E-state index in [0.717, 1.165) is 5.56 Å². The van der Waals surface area contributed by atoms with Crippen molar-refractivity contribution in [3.05, 3.63) is 52.5 Å². The zero-order valence-electron chi connectivity index (χ0n) is 12.4. The third-order valence-corrected chi connectivity index (χ3v) is 4.14. The lowest BCUT2D eigenvalue weighted by molar-refractivity contribution is 0.0690. The summed E-state index contributed by atoms with van der Waals surface area (Å²) in [5, 5.41) is 9.91. The van der Waals surface area contributed by atoms with Gasteiger partial charge in [-0.2, -0.15) is 0 Å². The van der Waals surface area contributed by atoms with Crippen molar-refractivity contribution in [2.75, 3.05) is 0 Å². The lowest BCUT2D eigenvalue weighted by atomic mass is 10.2.